The molecule has 0 aromatic heterocycles. The number of hydrogen-bond donors (Lipinski definition) is 1. The Bertz CT molecular complexity index is 93.8. The first-order chi connectivity index (χ1) is 4.83. The van der Waals surface area contributed by atoms with E-state index in [-0.39, 0.29) is 5.54 Å². The summed E-state index contributed by atoms with van der Waals surface area (Å²) in [5.41, 5.74) is 0.128. The molecular formula is C7H15NO2. The Hall–Kier alpha value is -0.120. The quantitative estimate of drug-likeness (QED) is 0.604. The van der Waals surface area contributed by atoms with Crippen LogP contribution in [0.3, 0.4) is 0 Å². The standard InChI is InChI=1S/C7H15NO2/c1-9-5-7(6-10-2)3-4-8-7/h8H,3-6H2,1-2H3. The Morgan fingerprint density at radius 3 is 2.00 bits per heavy atom. The molecule has 0 amide bonds. The predicted octanol–water partition coefficient (Wildman–Crippen LogP) is 0.0113. The van der Waals surface area contributed by atoms with Gasteiger partial charge >= 0.3 is 0 Å². The first kappa shape index (κ1) is 7.98. The van der Waals surface area contributed by atoms with Crippen molar-refractivity contribution in [3.8, 4) is 0 Å². The van der Waals surface area contributed by atoms with E-state index in [1.165, 1.54) is 0 Å². The minimum atomic E-state index is 0.128. The fraction of sp³-hybridized carbons (Fsp3) is 1.00. The van der Waals surface area contributed by atoms with Crippen LogP contribution in [0.15, 0.2) is 0 Å². The Balaban J connectivity index is 2.27. The summed E-state index contributed by atoms with van der Waals surface area (Å²) in [4.78, 5) is 0. The van der Waals surface area contributed by atoms with Gasteiger partial charge in [0, 0.05) is 14.2 Å². The summed E-state index contributed by atoms with van der Waals surface area (Å²) in [7, 11) is 3.44. The number of ether oxygens (including phenoxy) is 2. The zero-order valence-electron chi connectivity index (χ0n) is 6.64. The van der Waals surface area contributed by atoms with Gasteiger partial charge in [0.2, 0.25) is 0 Å². The maximum absolute atomic E-state index is 5.06. The summed E-state index contributed by atoms with van der Waals surface area (Å²) in [6, 6.07) is 0. The summed E-state index contributed by atoms with van der Waals surface area (Å²) in [5, 5.41) is 3.31. The van der Waals surface area contributed by atoms with Crippen LogP contribution < -0.4 is 5.32 Å². The van der Waals surface area contributed by atoms with Gasteiger partial charge in [-0.05, 0) is 13.0 Å². The predicted molar refractivity (Wildman–Crippen MR) is 39.1 cm³/mol. The average Bonchev–Trinajstić information content (AvgIpc) is 1.84. The molecule has 1 heterocycles. The number of rotatable bonds is 4. The molecule has 1 saturated heterocycles. The van der Waals surface area contributed by atoms with Gasteiger partial charge in [-0.25, -0.2) is 0 Å². The van der Waals surface area contributed by atoms with E-state index in [0.717, 1.165) is 26.2 Å². The second-order valence-electron chi connectivity index (χ2n) is 2.82. The topological polar surface area (TPSA) is 30.5 Å². The van der Waals surface area contributed by atoms with Crippen molar-refractivity contribution in [2.75, 3.05) is 34.0 Å². The average molecular weight is 145 g/mol. The summed E-state index contributed by atoms with van der Waals surface area (Å²) in [6.45, 7) is 2.59. The largest absolute Gasteiger partial charge is 0.383 e. The van der Waals surface area contributed by atoms with Crippen LogP contribution in [0.4, 0.5) is 0 Å². The lowest BCUT2D eigenvalue weighted by atomic mass is 9.90. The van der Waals surface area contributed by atoms with Gasteiger partial charge in [0.05, 0.1) is 18.8 Å². The smallest absolute Gasteiger partial charge is 0.0667 e. The third-order valence-electron chi connectivity index (χ3n) is 1.94. The molecule has 1 aliphatic rings. The highest BCUT2D eigenvalue weighted by atomic mass is 16.5. The fourth-order valence-electron chi connectivity index (χ4n) is 1.32. The fourth-order valence-corrected chi connectivity index (χ4v) is 1.32. The molecule has 0 aromatic rings. The molecule has 0 atom stereocenters. The van der Waals surface area contributed by atoms with Crippen LogP contribution in [0, 0.1) is 0 Å². The van der Waals surface area contributed by atoms with Crippen LogP contribution in [-0.4, -0.2) is 39.5 Å². The highest BCUT2D eigenvalue weighted by molar-refractivity contribution is 4.96. The second-order valence-corrected chi connectivity index (χ2v) is 2.82. The lowest BCUT2D eigenvalue weighted by molar-refractivity contribution is 0.00443. The highest BCUT2D eigenvalue weighted by Gasteiger charge is 2.36. The molecule has 60 valence electrons. The summed E-state index contributed by atoms with van der Waals surface area (Å²) >= 11 is 0. The molecule has 0 radical (unpaired) electrons. The zero-order valence-corrected chi connectivity index (χ0v) is 6.64. The number of nitrogens with one attached hydrogen (secondary N) is 1. The van der Waals surface area contributed by atoms with Crippen LogP contribution in [0.1, 0.15) is 6.42 Å². The van der Waals surface area contributed by atoms with Crippen LogP contribution in [-0.2, 0) is 9.47 Å². The van der Waals surface area contributed by atoms with Gasteiger partial charge in [-0.1, -0.05) is 0 Å². The minimum Gasteiger partial charge on any atom is -0.383 e. The Morgan fingerprint density at radius 1 is 1.30 bits per heavy atom. The monoisotopic (exact) mass is 145 g/mol. The van der Waals surface area contributed by atoms with Crippen molar-refractivity contribution in [1.29, 1.82) is 0 Å². The third-order valence-corrected chi connectivity index (χ3v) is 1.94. The lowest BCUT2D eigenvalue weighted by Crippen LogP contribution is -2.62. The molecule has 1 rings (SSSR count). The molecule has 0 aromatic carbocycles. The van der Waals surface area contributed by atoms with Gasteiger partial charge in [0.25, 0.3) is 0 Å². The van der Waals surface area contributed by atoms with Crippen LogP contribution in [0.25, 0.3) is 0 Å². The Labute approximate surface area is 61.7 Å². The van der Waals surface area contributed by atoms with Gasteiger partial charge in [0.1, 0.15) is 0 Å². The lowest BCUT2D eigenvalue weighted by Gasteiger charge is -2.41. The zero-order chi connectivity index (χ0) is 7.45. The van der Waals surface area contributed by atoms with E-state index in [9.17, 15) is 0 Å². The Morgan fingerprint density at radius 2 is 1.80 bits per heavy atom. The van der Waals surface area contributed by atoms with Crippen molar-refractivity contribution in [2.24, 2.45) is 0 Å². The number of methoxy groups -OCH3 is 2. The van der Waals surface area contributed by atoms with Gasteiger partial charge in [-0.2, -0.15) is 0 Å². The molecule has 0 saturated carbocycles. The SMILES string of the molecule is COCC1(COC)CCN1. The molecule has 1 fully saturated rings. The molecule has 1 N–H and O–H groups in total. The summed E-state index contributed by atoms with van der Waals surface area (Å²) in [5.74, 6) is 0. The summed E-state index contributed by atoms with van der Waals surface area (Å²) in [6.07, 6.45) is 1.16. The van der Waals surface area contributed by atoms with Gasteiger partial charge in [-0.15, -0.1) is 0 Å². The van der Waals surface area contributed by atoms with Gasteiger partial charge in [0.15, 0.2) is 0 Å². The van der Waals surface area contributed by atoms with E-state index in [2.05, 4.69) is 5.32 Å². The Kier molecular flexibility index (Phi) is 2.65. The van der Waals surface area contributed by atoms with Gasteiger partial charge in [-0.3, -0.25) is 0 Å². The van der Waals surface area contributed by atoms with Crippen LogP contribution in [0.2, 0.25) is 0 Å². The van der Waals surface area contributed by atoms with Crippen molar-refractivity contribution < 1.29 is 9.47 Å². The normalized spacial score (nSPS) is 22.2. The highest BCUT2D eigenvalue weighted by Crippen LogP contribution is 2.18. The van der Waals surface area contributed by atoms with Crippen LogP contribution in [0.5, 0.6) is 0 Å². The van der Waals surface area contributed by atoms with Gasteiger partial charge < -0.3 is 14.8 Å². The molecule has 3 nitrogen and oxygen atoms in total. The molecular weight excluding hydrogens is 130 g/mol. The second kappa shape index (κ2) is 3.32. The van der Waals surface area contributed by atoms with Crippen molar-refractivity contribution in [3.63, 3.8) is 0 Å². The summed E-state index contributed by atoms with van der Waals surface area (Å²) < 4.78 is 10.1. The number of hydrogen-bond acceptors (Lipinski definition) is 3. The maximum atomic E-state index is 5.06. The minimum absolute atomic E-state index is 0.128. The van der Waals surface area contributed by atoms with Crippen molar-refractivity contribution >= 4 is 0 Å². The molecule has 1 aliphatic heterocycles. The van der Waals surface area contributed by atoms with Crippen LogP contribution >= 0.6 is 0 Å². The molecule has 3 heteroatoms. The van der Waals surface area contributed by atoms with Crippen molar-refractivity contribution in [3.05, 3.63) is 0 Å². The van der Waals surface area contributed by atoms with E-state index < -0.39 is 0 Å². The molecule has 0 spiro atoms. The first-order valence-electron chi connectivity index (χ1n) is 3.56. The molecule has 0 aliphatic carbocycles. The maximum Gasteiger partial charge on any atom is 0.0667 e. The van der Waals surface area contributed by atoms with E-state index in [0.29, 0.717) is 0 Å². The molecule has 0 bridgehead atoms. The molecule has 0 unspecified atom stereocenters. The van der Waals surface area contributed by atoms with Crippen molar-refractivity contribution in [2.45, 2.75) is 12.0 Å². The van der Waals surface area contributed by atoms with E-state index in [4.69, 9.17) is 9.47 Å². The first-order valence-corrected chi connectivity index (χ1v) is 3.56. The van der Waals surface area contributed by atoms with E-state index in [1.807, 2.05) is 0 Å². The van der Waals surface area contributed by atoms with E-state index >= 15 is 0 Å². The van der Waals surface area contributed by atoms with Crippen molar-refractivity contribution in [1.82, 2.24) is 5.32 Å². The third kappa shape index (κ3) is 1.48. The molecule has 10 heavy (non-hydrogen) atoms. The van der Waals surface area contributed by atoms with E-state index in [1.54, 1.807) is 14.2 Å².